The summed E-state index contributed by atoms with van der Waals surface area (Å²) in [4.78, 5) is 2.47. The van der Waals surface area contributed by atoms with Gasteiger partial charge >= 0.3 is 0 Å². The molecule has 0 aliphatic heterocycles. The Morgan fingerprint density at radius 2 is 1.90 bits per heavy atom. The minimum atomic E-state index is 0.405. The summed E-state index contributed by atoms with van der Waals surface area (Å²) in [6.07, 6.45) is 4.55. The molecule has 0 aromatic heterocycles. The maximum Gasteiger partial charge on any atom is 0.0406 e. The number of hydrogen-bond donors (Lipinski definition) is 1. The molecule has 0 saturated carbocycles. The van der Waals surface area contributed by atoms with Gasteiger partial charge in [0.1, 0.15) is 0 Å². The zero-order valence-electron chi connectivity index (χ0n) is 13.7. The lowest BCUT2D eigenvalue weighted by atomic mass is 10.0. The molecule has 2 atom stereocenters. The van der Waals surface area contributed by atoms with Crippen LogP contribution in [0.5, 0.6) is 0 Å². The molecule has 120 valence electrons. The molecule has 1 aromatic rings. The van der Waals surface area contributed by atoms with Crippen molar-refractivity contribution in [3.8, 4) is 0 Å². The molecule has 0 amide bonds. The van der Waals surface area contributed by atoms with E-state index in [1.807, 2.05) is 23.9 Å². The average molecular weight is 329 g/mol. The normalized spacial score (nSPS) is 14.4. The molecular weight excluding hydrogens is 300 g/mol. The molecule has 0 aliphatic rings. The second-order valence-corrected chi connectivity index (χ2v) is 6.98. The summed E-state index contributed by atoms with van der Waals surface area (Å²) in [7, 11) is 2.23. The van der Waals surface area contributed by atoms with E-state index in [0.29, 0.717) is 12.1 Å². The van der Waals surface area contributed by atoms with Crippen LogP contribution in [0.1, 0.15) is 38.3 Å². The van der Waals surface area contributed by atoms with Crippen LogP contribution in [0, 0.1) is 0 Å². The summed E-state index contributed by atoms with van der Waals surface area (Å²) in [6.45, 7) is 6.57. The van der Waals surface area contributed by atoms with E-state index in [1.54, 1.807) is 0 Å². The van der Waals surface area contributed by atoms with Gasteiger partial charge in [-0.05, 0) is 69.6 Å². The number of thioether (sulfide) groups is 1. The number of nitrogens with one attached hydrogen (secondary N) is 1. The van der Waals surface area contributed by atoms with Crippen molar-refractivity contribution in [2.45, 2.75) is 38.8 Å². The van der Waals surface area contributed by atoms with Crippen molar-refractivity contribution in [3.05, 3.63) is 34.9 Å². The largest absolute Gasteiger partial charge is 0.310 e. The second kappa shape index (κ2) is 10.5. The molecule has 0 fully saturated rings. The molecule has 0 aliphatic carbocycles. The highest BCUT2D eigenvalue weighted by Gasteiger charge is 2.14. The van der Waals surface area contributed by atoms with E-state index in [-0.39, 0.29) is 0 Å². The molecule has 2 nitrogen and oxygen atoms in total. The van der Waals surface area contributed by atoms with Gasteiger partial charge in [0.15, 0.2) is 0 Å². The second-order valence-electron chi connectivity index (χ2n) is 5.56. The van der Waals surface area contributed by atoms with Crippen LogP contribution in [0.15, 0.2) is 24.3 Å². The fourth-order valence-electron chi connectivity index (χ4n) is 2.39. The number of halogens is 1. The van der Waals surface area contributed by atoms with E-state index >= 15 is 0 Å². The van der Waals surface area contributed by atoms with E-state index < -0.39 is 0 Å². The summed E-state index contributed by atoms with van der Waals surface area (Å²) in [5, 5.41) is 4.38. The van der Waals surface area contributed by atoms with Gasteiger partial charge in [0.2, 0.25) is 0 Å². The zero-order valence-corrected chi connectivity index (χ0v) is 15.3. The van der Waals surface area contributed by atoms with Crippen molar-refractivity contribution in [2.75, 3.05) is 32.1 Å². The van der Waals surface area contributed by atoms with Crippen molar-refractivity contribution in [2.24, 2.45) is 0 Å². The Bertz CT molecular complexity index is 383. The number of rotatable bonds is 10. The first-order chi connectivity index (χ1) is 10.1. The van der Waals surface area contributed by atoms with Gasteiger partial charge in [-0.25, -0.2) is 0 Å². The minimum Gasteiger partial charge on any atom is -0.310 e. The standard InChI is InChI=1S/C17H29ClN2S/c1-5-19-17(15-6-8-16(18)9-7-15)10-12-20(3)14(2)11-13-21-4/h6-9,14,17,19H,5,10-13H2,1-4H3. The van der Waals surface area contributed by atoms with Gasteiger partial charge < -0.3 is 10.2 Å². The van der Waals surface area contributed by atoms with Crippen LogP contribution in [-0.4, -0.2) is 43.1 Å². The predicted molar refractivity (Wildman–Crippen MR) is 97.6 cm³/mol. The highest BCUT2D eigenvalue weighted by atomic mass is 35.5. The van der Waals surface area contributed by atoms with Crippen LogP contribution < -0.4 is 5.32 Å². The van der Waals surface area contributed by atoms with Crippen LogP contribution in [0.25, 0.3) is 0 Å². The highest BCUT2D eigenvalue weighted by Crippen LogP contribution is 2.20. The molecule has 1 N–H and O–H groups in total. The zero-order chi connectivity index (χ0) is 15.7. The van der Waals surface area contributed by atoms with Crippen LogP contribution in [-0.2, 0) is 0 Å². The molecule has 0 spiro atoms. The van der Waals surface area contributed by atoms with E-state index in [4.69, 9.17) is 11.6 Å². The Balaban J connectivity index is 2.52. The van der Waals surface area contributed by atoms with Gasteiger partial charge in [-0.2, -0.15) is 11.8 Å². The Morgan fingerprint density at radius 3 is 2.48 bits per heavy atom. The Morgan fingerprint density at radius 1 is 1.24 bits per heavy atom. The molecular formula is C17H29ClN2S. The number of hydrogen-bond acceptors (Lipinski definition) is 3. The average Bonchev–Trinajstić information content (AvgIpc) is 2.49. The molecule has 2 unspecified atom stereocenters. The van der Waals surface area contributed by atoms with Crippen LogP contribution in [0.3, 0.4) is 0 Å². The molecule has 1 aromatic carbocycles. The smallest absolute Gasteiger partial charge is 0.0406 e. The molecule has 0 saturated heterocycles. The summed E-state index contributed by atoms with van der Waals surface area (Å²) < 4.78 is 0. The van der Waals surface area contributed by atoms with Crippen LogP contribution in [0.4, 0.5) is 0 Å². The van der Waals surface area contributed by atoms with Crippen LogP contribution in [0.2, 0.25) is 5.02 Å². The summed E-state index contributed by atoms with van der Waals surface area (Å²) in [5.41, 5.74) is 1.33. The van der Waals surface area contributed by atoms with Gasteiger partial charge in [0, 0.05) is 17.1 Å². The summed E-state index contributed by atoms with van der Waals surface area (Å²) in [6, 6.07) is 9.27. The van der Waals surface area contributed by atoms with Crippen molar-refractivity contribution in [1.82, 2.24) is 10.2 Å². The van der Waals surface area contributed by atoms with Gasteiger partial charge in [-0.3, -0.25) is 0 Å². The maximum atomic E-state index is 5.98. The Kier molecular flexibility index (Phi) is 9.41. The lowest BCUT2D eigenvalue weighted by molar-refractivity contribution is 0.239. The van der Waals surface area contributed by atoms with E-state index in [1.165, 1.54) is 17.7 Å². The molecule has 0 heterocycles. The van der Waals surface area contributed by atoms with Gasteiger partial charge in [-0.15, -0.1) is 0 Å². The third-order valence-corrected chi connectivity index (χ3v) is 4.88. The molecule has 0 radical (unpaired) electrons. The van der Waals surface area contributed by atoms with Crippen molar-refractivity contribution in [1.29, 1.82) is 0 Å². The van der Waals surface area contributed by atoms with Gasteiger partial charge in [0.25, 0.3) is 0 Å². The predicted octanol–water partition coefficient (Wildman–Crippen LogP) is 4.45. The van der Waals surface area contributed by atoms with Crippen LogP contribution >= 0.6 is 23.4 Å². The lowest BCUT2D eigenvalue weighted by Crippen LogP contribution is -2.33. The fraction of sp³-hybridized carbons (Fsp3) is 0.647. The van der Waals surface area contributed by atoms with Crippen molar-refractivity contribution >= 4 is 23.4 Å². The SMILES string of the molecule is CCNC(CCN(C)C(C)CCSC)c1ccc(Cl)cc1. The van der Waals surface area contributed by atoms with Crippen molar-refractivity contribution < 1.29 is 0 Å². The number of nitrogens with zero attached hydrogens (tertiary/aromatic N) is 1. The quantitative estimate of drug-likeness (QED) is 0.683. The van der Waals surface area contributed by atoms with Gasteiger partial charge in [-0.1, -0.05) is 30.7 Å². The van der Waals surface area contributed by atoms with E-state index in [0.717, 1.165) is 24.5 Å². The summed E-state index contributed by atoms with van der Waals surface area (Å²) >= 11 is 7.91. The Hall–Kier alpha value is -0.220. The minimum absolute atomic E-state index is 0.405. The first-order valence-electron chi connectivity index (χ1n) is 7.76. The third kappa shape index (κ3) is 7.05. The third-order valence-electron chi connectivity index (χ3n) is 3.99. The highest BCUT2D eigenvalue weighted by molar-refractivity contribution is 7.98. The molecule has 1 rings (SSSR count). The molecule has 0 bridgehead atoms. The topological polar surface area (TPSA) is 15.3 Å². The maximum absolute atomic E-state index is 5.98. The molecule has 21 heavy (non-hydrogen) atoms. The van der Waals surface area contributed by atoms with Crippen molar-refractivity contribution in [3.63, 3.8) is 0 Å². The lowest BCUT2D eigenvalue weighted by Gasteiger charge is -2.27. The van der Waals surface area contributed by atoms with E-state index in [2.05, 4.69) is 49.5 Å². The van der Waals surface area contributed by atoms with Gasteiger partial charge in [0.05, 0.1) is 0 Å². The van der Waals surface area contributed by atoms with E-state index in [9.17, 15) is 0 Å². The first-order valence-corrected chi connectivity index (χ1v) is 9.53. The first kappa shape index (κ1) is 18.8. The molecule has 4 heteroatoms. The number of benzene rings is 1. The Labute approximate surface area is 139 Å². The monoisotopic (exact) mass is 328 g/mol. The fourth-order valence-corrected chi connectivity index (χ4v) is 3.09. The summed E-state index contributed by atoms with van der Waals surface area (Å²) in [5.74, 6) is 1.24.